The number of hydrogen-bond donors (Lipinski definition) is 2. The van der Waals surface area contributed by atoms with Crippen molar-refractivity contribution < 1.29 is 9.53 Å². The first kappa shape index (κ1) is 19.0. The molecular formula is C22H21ClN2O2S. The van der Waals surface area contributed by atoms with Gasteiger partial charge in [-0.05, 0) is 54.8 Å². The molecule has 1 aliphatic rings. The maximum absolute atomic E-state index is 12.7. The Labute approximate surface area is 173 Å². The molecule has 4 rings (SSSR count). The minimum Gasteiger partial charge on any atom is -0.465 e. The normalized spacial score (nSPS) is 16.1. The van der Waals surface area contributed by atoms with Crippen LogP contribution in [0.1, 0.15) is 38.8 Å². The number of benzene rings is 2. The summed E-state index contributed by atoms with van der Waals surface area (Å²) < 4.78 is 5.13. The monoisotopic (exact) mass is 412 g/mol. The van der Waals surface area contributed by atoms with Crippen LogP contribution in [0.4, 0.5) is 10.7 Å². The van der Waals surface area contributed by atoms with Crippen LogP contribution in [0.25, 0.3) is 0 Å². The molecule has 1 aliphatic heterocycles. The summed E-state index contributed by atoms with van der Waals surface area (Å²) >= 11 is 7.69. The molecule has 3 aromatic rings. The van der Waals surface area contributed by atoms with Crippen molar-refractivity contribution in [2.45, 2.75) is 18.9 Å². The van der Waals surface area contributed by atoms with Gasteiger partial charge in [-0.2, -0.15) is 0 Å². The highest BCUT2D eigenvalue weighted by molar-refractivity contribution is 7.17. The van der Waals surface area contributed by atoms with Crippen molar-refractivity contribution in [3.63, 3.8) is 0 Å². The molecule has 144 valence electrons. The van der Waals surface area contributed by atoms with E-state index in [1.165, 1.54) is 7.11 Å². The fraction of sp³-hybridized carbons (Fsp3) is 0.227. The van der Waals surface area contributed by atoms with Crippen molar-refractivity contribution in [2.24, 2.45) is 0 Å². The third-order valence-corrected chi connectivity index (χ3v) is 6.34. The summed E-state index contributed by atoms with van der Waals surface area (Å²) in [5, 5.41) is 8.58. The number of hydrogen-bond acceptors (Lipinski definition) is 5. The van der Waals surface area contributed by atoms with Crippen LogP contribution in [0.3, 0.4) is 0 Å². The molecule has 2 heterocycles. The number of rotatable bonds is 4. The number of carbonyl (C=O) groups excluding carboxylic acids is 1. The van der Waals surface area contributed by atoms with Crippen LogP contribution in [-0.2, 0) is 11.2 Å². The fourth-order valence-corrected chi connectivity index (χ4v) is 5.04. The molecule has 0 bridgehead atoms. The molecular weight excluding hydrogens is 392 g/mol. The van der Waals surface area contributed by atoms with E-state index in [1.807, 2.05) is 54.6 Å². The Hall–Kier alpha value is -2.34. The van der Waals surface area contributed by atoms with Crippen LogP contribution in [0.15, 0.2) is 54.6 Å². The second-order valence-electron chi connectivity index (χ2n) is 6.67. The van der Waals surface area contributed by atoms with E-state index in [4.69, 9.17) is 16.3 Å². The van der Waals surface area contributed by atoms with Crippen molar-refractivity contribution >= 4 is 39.6 Å². The number of ether oxygens (including phenoxy) is 1. The van der Waals surface area contributed by atoms with Gasteiger partial charge in [0.1, 0.15) is 5.00 Å². The average molecular weight is 413 g/mol. The Balaban J connectivity index is 1.81. The average Bonchev–Trinajstić information content (AvgIpc) is 2.94. The lowest BCUT2D eigenvalue weighted by atomic mass is 9.99. The highest BCUT2D eigenvalue weighted by Crippen LogP contribution is 2.43. The molecule has 0 spiro atoms. The smallest absolute Gasteiger partial charge is 0.341 e. The minimum absolute atomic E-state index is 0.0227. The molecule has 2 N–H and O–H groups in total. The van der Waals surface area contributed by atoms with E-state index >= 15 is 0 Å². The van der Waals surface area contributed by atoms with Crippen LogP contribution in [-0.4, -0.2) is 19.6 Å². The van der Waals surface area contributed by atoms with Crippen LogP contribution < -0.4 is 10.6 Å². The fourth-order valence-electron chi connectivity index (χ4n) is 3.55. The number of nitrogens with one attached hydrogen (secondary N) is 2. The zero-order chi connectivity index (χ0) is 19.5. The van der Waals surface area contributed by atoms with Crippen molar-refractivity contribution in [1.29, 1.82) is 0 Å². The van der Waals surface area contributed by atoms with Gasteiger partial charge in [0.15, 0.2) is 0 Å². The lowest BCUT2D eigenvalue weighted by Gasteiger charge is -2.17. The summed E-state index contributed by atoms with van der Waals surface area (Å²) in [6, 6.07) is 17.8. The Kier molecular flexibility index (Phi) is 5.67. The molecule has 0 amide bonds. The van der Waals surface area contributed by atoms with E-state index in [0.29, 0.717) is 10.6 Å². The van der Waals surface area contributed by atoms with Gasteiger partial charge in [-0.3, -0.25) is 0 Å². The van der Waals surface area contributed by atoms with Gasteiger partial charge < -0.3 is 15.4 Å². The largest absolute Gasteiger partial charge is 0.465 e. The molecule has 0 saturated carbocycles. The Morgan fingerprint density at radius 1 is 1.18 bits per heavy atom. The molecule has 0 radical (unpaired) electrons. The van der Waals surface area contributed by atoms with E-state index in [9.17, 15) is 4.79 Å². The summed E-state index contributed by atoms with van der Waals surface area (Å²) in [4.78, 5) is 13.8. The molecule has 4 nitrogen and oxygen atoms in total. The third-order valence-electron chi connectivity index (χ3n) is 4.88. The van der Waals surface area contributed by atoms with Gasteiger partial charge in [-0.25, -0.2) is 4.79 Å². The highest BCUT2D eigenvalue weighted by atomic mass is 35.5. The topological polar surface area (TPSA) is 50.4 Å². The van der Waals surface area contributed by atoms with E-state index in [0.717, 1.165) is 46.1 Å². The Morgan fingerprint density at radius 3 is 2.64 bits per heavy atom. The van der Waals surface area contributed by atoms with Crippen LogP contribution in [0.5, 0.6) is 0 Å². The van der Waals surface area contributed by atoms with E-state index in [1.54, 1.807) is 11.3 Å². The number of esters is 1. The van der Waals surface area contributed by atoms with Crippen molar-refractivity contribution in [2.75, 3.05) is 19.0 Å². The van der Waals surface area contributed by atoms with Gasteiger partial charge in [-0.15, -0.1) is 11.3 Å². The predicted molar refractivity (Wildman–Crippen MR) is 115 cm³/mol. The van der Waals surface area contributed by atoms with E-state index in [-0.39, 0.29) is 12.0 Å². The highest BCUT2D eigenvalue weighted by Gasteiger charge is 2.30. The Morgan fingerprint density at radius 2 is 1.93 bits per heavy atom. The summed E-state index contributed by atoms with van der Waals surface area (Å²) in [5.41, 5.74) is 3.80. The summed E-state index contributed by atoms with van der Waals surface area (Å²) in [5.74, 6) is -0.298. The maximum atomic E-state index is 12.7. The molecule has 1 unspecified atom stereocenters. The van der Waals surface area contributed by atoms with E-state index < -0.39 is 0 Å². The third kappa shape index (κ3) is 3.78. The Bertz CT molecular complexity index is 970. The summed E-state index contributed by atoms with van der Waals surface area (Å²) in [6.45, 7) is 0.886. The molecule has 6 heteroatoms. The van der Waals surface area contributed by atoms with Gasteiger partial charge in [0.05, 0.1) is 18.7 Å². The SMILES string of the molecule is COC(=O)c1c(Nc2ccccc2)sc2c1CCCNC2c1ccc(Cl)cc1. The molecule has 2 aromatic carbocycles. The minimum atomic E-state index is -0.298. The van der Waals surface area contributed by atoms with Gasteiger partial charge in [0.25, 0.3) is 0 Å². The zero-order valence-corrected chi connectivity index (χ0v) is 17.1. The number of para-hydroxylation sites is 1. The van der Waals surface area contributed by atoms with E-state index in [2.05, 4.69) is 10.6 Å². The van der Waals surface area contributed by atoms with Gasteiger partial charge in [0.2, 0.25) is 0 Å². The summed E-state index contributed by atoms with van der Waals surface area (Å²) in [7, 11) is 1.43. The van der Waals surface area contributed by atoms with Gasteiger partial charge in [-0.1, -0.05) is 41.9 Å². The summed E-state index contributed by atoms with van der Waals surface area (Å²) in [6.07, 6.45) is 1.80. The predicted octanol–water partition coefficient (Wildman–Crippen LogP) is 5.56. The molecule has 1 aromatic heterocycles. The first-order valence-electron chi connectivity index (χ1n) is 9.22. The maximum Gasteiger partial charge on any atom is 0.341 e. The zero-order valence-electron chi connectivity index (χ0n) is 15.5. The number of carbonyl (C=O) groups is 1. The first-order chi connectivity index (χ1) is 13.7. The number of anilines is 2. The second kappa shape index (κ2) is 8.35. The van der Waals surface area contributed by atoms with Crippen molar-refractivity contribution in [3.05, 3.63) is 81.2 Å². The van der Waals surface area contributed by atoms with Crippen LogP contribution in [0, 0.1) is 0 Å². The van der Waals surface area contributed by atoms with Gasteiger partial charge in [0, 0.05) is 15.6 Å². The van der Waals surface area contributed by atoms with Gasteiger partial charge >= 0.3 is 5.97 Å². The lowest BCUT2D eigenvalue weighted by molar-refractivity contribution is 0.0601. The van der Waals surface area contributed by atoms with Crippen LogP contribution in [0.2, 0.25) is 5.02 Å². The molecule has 0 fully saturated rings. The quantitative estimate of drug-likeness (QED) is 0.551. The lowest BCUT2D eigenvalue weighted by Crippen LogP contribution is -2.21. The number of fused-ring (bicyclic) bond motifs is 1. The second-order valence-corrected chi connectivity index (χ2v) is 8.16. The van der Waals surface area contributed by atoms with Crippen LogP contribution >= 0.6 is 22.9 Å². The standard InChI is InChI=1S/C22H21ClN2O2S/c1-27-22(26)18-17-8-5-13-24-19(14-9-11-15(23)12-10-14)20(17)28-21(18)25-16-6-3-2-4-7-16/h2-4,6-7,9-12,19,24-25H,5,8,13H2,1H3. The number of thiophene rings is 1. The number of halogens is 1. The molecule has 28 heavy (non-hydrogen) atoms. The molecule has 0 aliphatic carbocycles. The first-order valence-corrected chi connectivity index (χ1v) is 10.4. The molecule has 1 atom stereocenters. The van der Waals surface area contributed by atoms with Crippen molar-refractivity contribution in [1.82, 2.24) is 5.32 Å². The number of methoxy groups -OCH3 is 1. The van der Waals surface area contributed by atoms with Crippen molar-refractivity contribution in [3.8, 4) is 0 Å². The molecule has 0 saturated heterocycles.